The summed E-state index contributed by atoms with van der Waals surface area (Å²) in [6.45, 7) is 5.87. The van der Waals surface area contributed by atoms with Gasteiger partial charge in [-0.15, -0.1) is 0 Å². The molecule has 2 N–H and O–H groups in total. The Morgan fingerprint density at radius 1 is 1.28 bits per heavy atom. The van der Waals surface area contributed by atoms with Gasteiger partial charge in [0.25, 0.3) is 11.6 Å². The van der Waals surface area contributed by atoms with E-state index in [1.807, 2.05) is 13.8 Å². The maximum Gasteiger partial charge on any atom is 0.269 e. The summed E-state index contributed by atoms with van der Waals surface area (Å²) in [5, 5.41) is 22.6. The van der Waals surface area contributed by atoms with Gasteiger partial charge in [0.1, 0.15) is 0 Å². The Labute approximate surface area is 185 Å². The monoisotopic (exact) mass is 438 g/mol. The van der Waals surface area contributed by atoms with E-state index in [0.29, 0.717) is 25.3 Å². The number of fused-ring (bicyclic) bond motifs is 1. The highest BCUT2D eigenvalue weighted by Gasteiger charge is 2.23. The molecule has 10 heteroatoms. The van der Waals surface area contributed by atoms with E-state index >= 15 is 0 Å². The van der Waals surface area contributed by atoms with E-state index in [0.717, 1.165) is 35.1 Å². The van der Waals surface area contributed by atoms with Crippen LogP contribution in [0.4, 0.5) is 11.4 Å². The predicted molar refractivity (Wildman–Crippen MR) is 120 cm³/mol. The Kier molecular flexibility index (Phi) is 6.31. The van der Waals surface area contributed by atoms with Gasteiger partial charge in [0.15, 0.2) is 5.65 Å². The summed E-state index contributed by atoms with van der Waals surface area (Å²) in [7, 11) is 0. The number of nitro benzene ring substituents is 1. The lowest BCUT2D eigenvalue weighted by Crippen LogP contribution is -2.31. The maximum atomic E-state index is 13.2. The zero-order chi connectivity index (χ0) is 22.7. The van der Waals surface area contributed by atoms with E-state index in [-0.39, 0.29) is 23.7 Å². The summed E-state index contributed by atoms with van der Waals surface area (Å²) < 4.78 is 7.26. The number of hydrogen-bond donors (Lipinski definition) is 2. The first-order valence-electron chi connectivity index (χ1n) is 10.7. The maximum absolute atomic E-state index is 13.2. The third-order valence-electron chi connectivity index (χ3n) is 5.73. The molecule has 0 bridgehead atoms. The first-order chi connectivity index (χ1) is 15.5. The normalized spacial score (nSPS) is 15.4. The fourth-order valence-electron chi connectivity index (χ4n) is 3.87. The summed E-state index contributed by atoms with van der Waals surface area (Å²) in [6, 6.07) is 6.02. The Morgan fingerprint density at radius 2 is 2.00 bits per heavy atom. The summed E-state index contributed by atoms with van der Waals surface area (Å²) >= 11 is 0. The number of benzene rings is 1. The Balaban J connectivity index is 1.62. The van der Waals surface area contributed by atoms with E-state index in [1.54, 1.807) is 29.2 Å². The number of non-ortho nitro benzene ring substituents is 1. The smallest absolute Gasteiger partial charge is 0.269 e. The number of ether oxygens (including phenoxy) is 1. The lowest BCUT2D eigenvalue weighted by atomic mass is 10.1. The molecule has 3 aromatic rings. The molecule has 1 unspecified atom stereocenters. The van der Waals surface area contributed by atoms with Gasteiger partial charge in [-0.1, -0.05) is 12.1 Å². The SMILES string of the molecule is CCn1ncc2c(NC3CCOCC3)c(C(=O)NC(C)c3ccc([N+](=O)[O-])cc3)cnc21. The summed E-state index contributed by atoms with van der Waals surface area (Å²) in [5.41, 5.74) is 2.67. The number of rotatable bonds is 7. The lowest BCUT2D eigenvalue weighted by Gasteiger charge is -2.26. The number of amides is 1. The van der Waals surface area contributed by atoms with Gasteiger partial charge in [-0.2, -0.15) is 5.10 Å². The minimum Gasteiger partial charge on any atom is -0.381 e. The minimum absolute atomic E-state index is 0.0119. The van der Waals surface area contributed by atoms with Crippen molar-refractivity contribution in [1.29, 1.82) is 0 Å². The van der Waals surface area contributed by atoms with Crippen LogP contribution in [0.5, 0.6) is 0 Å². The molecule has 4 rings (SSSR count). The largest absolute Gasteiger partial charge is 0.381 e. The number of aromatic nitrogens is 3. The Bertz CT molecular complexity index is 1120. The van der Waals surface area contributed by atoms with Gasteiger partial charge in [-0.3, -0.25) is 14.9 Å². The van der Waals surface area contributed by atoms with Gasteiger partial charge in [-0.05, 0) is 32.3 Å². The average molecular weight is 438 g/mol. The third kappa shape index (κ3) is 4.40. The van der Waals surface area contributed by atoms with Crippen LogP contribution in [0.2, 0.25) is 0 Å². The van der Waals surface area contributed by atoms with Gasteiger partial charge in [0.05, 0.1) is 33.8 Å². The standard InChI is InChI=1S/C22H26N6O4/c1-3-27-21-18(13-24-27)20(26-16-8-10-32-11-9-16)19(12-23-21)22(29)25-14(2)15-4-6-17(7-5-15)28(30)31/h4-7,12-14,16H,3,8-11H2,1-2H3,(H,23,26)(H,25,29). The molecule has 1 aliphatic heterocycles. The second-order valence-electron chi connectivity index (χ2n) is 7.82. The van der Waals surface area contributed by atoms with Gasteiger partial charge < -0.3 is 15.4 Å². The molecule has 10 nitrogen and oxygen atoms in total. The van der Waals surface area contributed by atoms with Crippen LogP contribution in [-0.2, 0) is 11.3 Å². The molecule has 0 spiro atoms. The highest BCUT2D eigenvalue weighted by atomic mass is 16.6. The number of nitro groups is 1. The predicted octanol–water partition coefficient (Wildman–Crippen LogP) is 3.44. The average Bonchev–Trinajstić information content (AvgIpc) is 3.23. The first-order valence-corrected chi connectivity index (χ1v) is 10.7. The van der Waals surface area contributed by atoms with Crippen LogP contribution in [-0.4, -0.2) is 44.9 Å². The quantitative estimate of drug-likeness (QED) is 0.428. The lowest BCUT2D eigenvalue weighted by molar-refractivity contribution is -0.384. The van der Waals surface area contributed by atoms with Crippen molar-refractivity contribution >= 4 is 28.3 Å². The Hall–Kier alpha value is -3.53. The number of nitrogens with one attached hydrogen (secondary N) is 2. The molecular formula is C22H26N6O4. The van der Waals surface area contributed by atoms with Gasteiger partial charge >= 0.3 is 0 Å². The van der Waals surface area contributed by atoms with E-state index in [9.17, 15) is 14.9 Å². The molecule has 2 aromatic heterocycles. The van der Waals surface area contributed by atoms with Crippen LogP contribution in [0.15, 0.2) is 36.7 Å². The molecule has 168 valence electrons. The van der Waals surface area contributed by atoms with Crippen molar-refractivity contribution in [2.75, 3.05) is 18.5 Å². The van der Waals surface area contributed by atoms with Crippen molar-refractivity contribution < 1.29 is 14.5 Å². The molecule has 3 heterocycles. The number of carbonyl (C=O) groups excluding carboxylic acids is 1. The molecule has 1 aliphatic rings. The van der Waals surface area contributed by atoms with Crippen LogP contribution in [0.3, 0.4) is 0 Å². The van der Waals surface area contributed by atoms with Crippen molar-refractivity contribution in [3.05, 3.63) is 57.9 Å². The highest BCUT2D eigenvalue weighted by Crippen LogP contribution is 2.29. The van der Waals surface area contributed by atoms with E-state index in [2.05, 4.69) is 20.7 Å². The van der Waals surface area contributed by atoms with Crippen LogP contribution < -0.4 is 10.6 Å². The fraction of sp³-hybridized carbons (Fsp3) is 0.409. The van der Waals surface area contributed by atoms with Crippen LogP contribution in [0, 0.1) is 10.1 Å². The minimum atomic E-state index is -0.446. The summed E-state index contributed by atoms with van der Waals surface area (Å²) in [6.07, 6.45) is 5.03. The zero-order valence-corrected chi connectivity index (χ0v) is 18.1. The second-order valence-corrected chi connectivity index (χ2v) is 7.82. The van der Waals surface area contributed by atoms with Crippen LogP contribution >= 0.6 is 0 Å². The molecule has 1 atom stereocenters. The third-order valence-corrected chi connectivity index (χ3v) is 5.73. The topological polar surface area (TPSA) is 124 Å². The van der Waals surface area contributed by atoms with Crippen molar-refractivity contribution in [3.8, 4) is 0 Å². The second kappa shape index (κ2) is 9.31. The molecule has 0 aliphatic carbocycles. The van der Waals surface area contributed by atoms with Crippen molar-refractivity contribution in [2.45, 2.75) is 45.3 Å². The number of carbonyl (C=O) groups is 1. The van der Waals surface area contributed by atoms with E-state index < -0.39 is 4.92 Å². The molecule has 0 saturated carbocycles. The van der Waals surface area contributed by atoms with Crippen LogP contribution in [0.1, 0.15) is 48.7 Å². The van der Waals surface area contributed by atoms with Crippen molar-refractivity contribution in [2.24, 2.45) is 0 Å². The molecule has 1 aromatic carbocycles. The van der Waals surface area contributed by atoms with Gasteiger partial charge in [0, 0.05) is 44.1 Å². The zero-order valence-electron chi connectivity index (χ0n) is 18.1. The van der Waals surface area contributed by atoms with Crippen LogP contribution in [0.25, 0.3) is 11.0 Å². The van der Waals surface area contributed by atoms with E-state index in [1.165, 1.54) is 12.1 Å². The number of aryl methyl sites for hydroxylation is 1. The molecule has 1 amide bonds. The van der Waals surface area contributed by atoms with Gasteiger partial charge in [-0.25, -0.2) is 9.67 Å². The van der Waals surface area contributed by atoms with E-state index in [4.69, 9.17) is 4.74 Å². The fourth-order valence-corrected chi connectivity index (χ4v) is 3.87. The Morgan fingerprint density at radius 3 is 2.66 bits per heavy atom. The molecule has 1 saturated heterocycles. The molecule has 0 radical (unpaired) electrons. The number of nitrogens with zero attached hydrogens (tertiary/aromatic N) is 4. The molecule has 32 heavy (non-hydrogen) atoms. The number of pyridine rings is 1. The number of hydrogen-bond acceptors (Lipinski definition) is 7. The van der Waals surface area contributed by atoms with Crippen molar-refractivity contribution in [1.82, 2.24) is 20.1 Å². The highest BCUT2D eigenvalue weighted by molar-refractivity contribution is 6.06. The number of anilines is 1. The van der Waals surface area contributed by atoms with Crippen molar-refractivity contribution in [3.63, 3.8) is 0 Å². The first kappa shape index (κ1) is 21.7. The molecule has 1 fully saturated rings. The summed E-state index contributed by atoms with van der Waals surface area (Å²) in [4.78, 5) is 28.2. The summed E-state index contributed by atoms with van der Waals surface area (Å²) in [5.74, 6) is -0.274. The molecular weight excluding hydrogens is 412 g/mol. The van der Waals surface area contributed by atoms with Gasteiger partial charge in [0.2, 0.25) is 0 Å².